The lowest BCUT2D eigenvalue weighted by molar-refractivity contribution is 0.0195. The van der Waals surface area contributed by atoms with E-state index in [1.807, 2.05) is 18.2 Å². The Kier molecular flexibility index (Phi) is 9.79. The van der Waals surface area contributed by atoms with Crippen LogP contribution in [0.25, 0.3) is 0 Å². The van der Waals surface area contributed by atoms with E-state index in [9.17, 15) is 0 Å². The molecule has 0 N–H and O–H groups in total. The van der Waals surface area contributed by atoms with Gasteiger partial charge in [-0.1, -0.05) is 71.0 Å². The fourth-order valence-corrected chi connectivity index (χ4v) is 4.90. The SMILES string of the molecule is C[C@@H](C=C(Br)Br)[C@@H](O[Si](C)(C)C(C)(C)C)[C@@H](C)COCc1ccccc1. The molecule has 0 aliphatic carbocycles. The number of halogens is 2. The van der Waals surface area contributed by atoms with E-state index < -0.39 is 8.32 Å². The zero-order valence-electron chi connectivity index (χ0n) is 17.2. The van der Waals surface area contributed by atoms with Crippen LogP contribution in [0.15, 0.2) is 39.8 Å². The smallest absolute Gasteiger partial charge is 0.192 e. The van der Waals surface area contributed by atoms with Crippen LogP contribution in [0.1, 0.15) is 40.2 Å². The summed E-state index contributed by atoms with van der Waals surface area (Å²) in [7, 11) is -1.86. The summed E-state index contributed by atoms with van der Waals surface area (Å²) in [4.78, 5) is 0. The molecular weight excluding hydrogens is 472 g/mol. The molecule has 0 unspecified atom stereocenters. The molecule has 148 valence electrons. The maximum absolute atomic E-state index is 6.80. The summed E-state index contributed by atoms with van der Waals surface area (Å²) in [6, 6.07) is 10.3. The maximum atomic E-state index is 6.80. The van der Waals surface area contributed by atoms with Gasteiger partial charge in [-0.3, -0.25) is 0 Å². The van der Waals surface area contributed by atoms with Gasteiger partial charge in [-0.05, 0) is 55.6 Å². The van der Waals surface area contributed by atoms with Gasteiger partial charge in [-0.25, -0.2) is 0 Å². The molecule has 0 fully saturated rings. The molecule has 0 bridgehead atoms. The largest absolute Gasteiger partial charge is 0.413 e. The quantitative estimate of drug-likeness (QED) is 0.323. The second-order valence-electron chi connectivity index (χ2n) is 8.64. The normalized spacial score (nSPS) is 16.0. The Morgan fingerprint density at radius 1 is 1.12 bits per heavy atom. The van der Waals surface area contributed by atoms with Crippen molar-refractivity contribution in [3.63, 3.8) is 0 Å². The van der Waals surface area contributed by atoms with E-state index >= 15 is 0 Å². The summed E-state index contributed by atoms with van der Waals surface area (Å²) in [5, 5.41) is 0.185. The first-order chi connectivity index (χ1) is 11.9. The van der Waals surface area contributed by atoms with E-state index in [-0.39, 0.29) is 17.1 Å². The second-order valence-corrected chi connectivity index (χ2v) is 16.2. The lowest BCUT2D eigenvalue weighted by Crippen LogP contribution is -2.47. The monoisotopic (exact) mass is 504 g/mol. The fourth-order valence-electron chi connectivity index (χ4n) is 2.58. The van der Waals surface area contributed by atoms with Crippen molar-refractivity contribution in [2.45, 2.75) is 65.5 Å². The fraction of sp³-hybridized carbons (Fsp3) is 0.619. The van der Waals surface area contributed by atoms with E-state index in [1.54, 1.807) is 0 Å². The summed E-state index contributed by atoms with van der Waals surface area (Å²) >= 11 is 6.99. The summed E-state index contributed by atoms with van der Waals surface area (Å²) < 4.78 is 13.8. The van der Waals surface area contributed by atoms with Crippen LogP contribution in [0.5, 0.6) is 0 Å². The minimum Gasteiger partial charge on any atom is -0.413 e. The predicted octanol–water partition coefficient (Wildman–Crippen LogP) is 7.50. The molecule has 1 aromatic carbocycles. The van der Waals surface area contributed by atoms with Gasteiger partial charge < -0.3 is 9.16 Å². The number of rotatable bonds is 9. The van der Waals surface area contributed by atoms with E-state index in [4.69, 9.17) is 9.16 Å². The standard InChI is InChI=1S/C21H34Br2O2Si/c1-16(13-19(22)23)20(25-26(6,7)21(3,4)5)17(2)14-24-15-18-11-9-8-10-12-18/h8-13,16-17,20H,14-15H2,1-7H3/t16-,17-,20+/m0/s1. The van der Waals surface area contributed by atoms with Crippen molar-refractivity contribution < 1.29 is 9.16 Å². The molecule has 3 atom stereocenters. The molecule has 0 heterocycles. The average molecular weight is 506 g/mol. The van der Waals surface area contributed by atoms with Crippen LogP contribution >= 0.6 is 31.9 Å². The lowest BCUT2D eigenvalue weighted by atomic mass is 9.94. The van der Waals surface area contributed by atoms with Crippen LogP contribution in [0.3, 0.4) is 0 Å². The average Bonchev–Trinajstić information content (AvgIpc) is 2.51. The summed E-state index contributed by atoms with van der Waals surface area (Å²) in [6.07, 6.45) is 2.29. The Morgan fingerprint density at radius 3 is 2.19 bits per heavy atom. The van der Waals surface area contributed by atoms with Crippen LogP contribution in [0.4, 0.5) is 0 Å². The van der Waals surface area contributed by atoms with Gasteiger partial charge in [-0.15, -0.1) is 0 Å². The zero-order chi connectivity index (χ0) is 20.0. The van der Waals surface area contributed by atoms with Gasteiger partial charge in [0.05, 0.1) is 22.7 Å². The molecule has 0 aliphatic heterocycles. The van der Waals surface area contributed by atoms with Crippen LogP contribution < -0.4 is 0 Å². The minimum atomic E-state index is -1.86. The van der Waals surface area contributed by atoms with Gasteiger partial charge in [0, 0.05) is 11.8 Å². The molecule has 0 saturated heterocycles. The lowest BCUT2D eigenvalue weighted by Gasteiger charge is -2.42. The highest BCUT2D eigenvalue weighted by atomic mass is 79.9. The van der Waals surface area contributed by atoms with Gasteiger partial charge in [0.2, 0.25) is 0 Å². The van der Waals surface area contributed by atoms with Crippen molar-refractivity contribution in [3.05, 3.63) is 45.4 Å². The minimum absolute atomic E-state index is 0.122. The Labute approximate surface area is 178 Å². The zero-order valence-corrected chi connectivity index (χ0v) is 21.4. The highest BCUT2D eigenvalue weighted by molar-refractivity contribution is 9.28. The van der Waals surface area contributed by atoms with Crippen LogP contribution in [0.2, 0.25) is 18.1 Å². The molecular formula is C21H34Br2O2Si. The third-order valence-corrected chi connectivity index (χ3v) is 10.2. The Balaban J connectivity index is 2.81. The van der Waals surface area contributed by atoms with Crippen molar-refractivity contribution in [2.75, 3.05) is 6.61 Å². The Hall–Kier alpha value is 0.0569. The molecule has 0 aromatic heterocycles. The molecule has 5 heteroatoms. The van der Waals surface area contributed by atoms with E-state index in [0.717, 1.165) is 3.39 Å². The first-order valence-corrected chi connectivity index (χ1v) is 13.8. The highest BCUT2D eigenvalue weighted by Crippen LogP contribution is 2.39. The van der Waals surface area contributed by atoms with Crippen LogP contribution in [-0.2, 0) is 15.8 Å². The Morgan fingerprint density at radius 2 is 1.69 bits per heavy atom. The van der Waals surface area contributed by atoms with Gasteiger partial charge in [0.25, 0.3) is 0 Å². The molecule has 26 heavy (non-hydrogen) atoms. The third kappa shape index (κ3) is 7.97. The van der Waals surface area contributed by atoms with Crippen LogP contribution in [-0.4, -0.2) is 21.0 Å². The van der Waals surface area contributed by atoms with E-state index in [1.165, 1.54) is 5.56 Å². The van der Waals surface area contributed by atoms with Crippen molar-refractivity contribution in [2.24, 2.45) is 11.8 Å². The first-order valence-electron chi connectivity index (χ1n) is 9.26. The van der Waals surface area contributed by atoms with Crippen molar-refractivity contribution in [1.29, 1.82) is 0 Å². The molecule has 1 rings (SSSR count). The van der Waals surface area contributed by atoms with E-state index in [2.05, 4.69) is 97.8 Å². The molecule has 0 saturated carbocycles. The number of benzene rings is 1. The van der Waals surface area contributed by atoms with Crippen molar-refractivity contribution in [1.82, 2.24) is 0 Å². The predicted molar refractivity (Wildman–Crippen MR) is 122 cm³/mol. The molecule has 2 nitrogen and oxygen atoms in total. The summed E-state index contributed by atoms with van der Waals surface area (Å²) in [5.41, 5.74) is 1.21. The van der Waals surface area contributed by atoms with E-state index in [0.29, 0.717) is 19.1 Å². The van der Waals surface area contributed by atoms with Gasteiger partial charge in [-0.2, -0.15) is 0 Å². The molecule has 0 aliphatic rings. The van der Waals surface area contributed by atoms with Gasteiger partial charge in [0.15, 0.2) is 8.32 Å². The number of hydrogen-bond donors (Lipinski definition) is 0. The van der Waals surface area contributed by atoms with Gasteiger partial charge >= 0.3 is 0 Å². The number of hydrogen-bond acceptors (Lipinski definition) is 2. The third-order valence-electron chi connectivity index (χ3n) is 5.20. The molecule has 0 radical (unpaired) electrons. The first kappa shape index (κ1) is 24.1. The second kappa shape index (κ2) is 10.6. The molecule has 1 aromatic rings. The summed E-state index contributed by atoms with van der Waals surface area (Å²) in [6.45, 7) is 17.3. The van der Waals surface area contributed by atoms with Crippen LogP contribution in [0, 0.1) is 11.8 Å². The highest BCUT2D eigenvalue weighted by Gasteiger charge is 2.41. The maximum Gasteiger partial charge on any atom is 0.192 e. The van der Waals surface area contributed by atoms with Crippen molar-refractivity contribution in [3.8, 4) is 0 Å². The molecule has 0 spiro atoms. The topological polar surface area (TPSA) is 18.5 Å². The number of ether oxygens (including phenoxy) is 1. The van der Waals surface area contributed by atoms with Gasteiger partial charge in [0.1, 0.15) is 0 Å². The Bertz CT molecular complexity index is 563. The van der Waals surface area contributed by atoms with Crippen molar-refractivity contribution >= 4 is 40.2 Å². The molecule has 0 amide bonds. The summed E-state index contributed by atoms with van der Waals surface area (Å²) in [5.74, 6) is 0.589.